The molecule has 0 aliphatic heterocycles. The number of sulfone groups is 1. The highest BCUT2D eigenvalue weighted by atomic mass is 32.2. The Morgan fingerprint density at radius 2 is 2.15 bits per heavy atom. The second-order valence-electron chi connectivity index (χ2n) is 6.31. The number of likely N-dealkylation sites (N-methyl/N-ethyl adjacent to an activating group) is 1. The molecule has 1 saturated carbocycles. The Morgan fingerprint density at radius 1 is 1.45 bits per heavy atom. The van der Waals surface area contributed by atoms with Crippen molar-refractivity contribution in [2.45, 2.75) is 64.0 Å². The maximum Gasteiger partial charge on any atom is 0.147 e. The molecule has 1 rings (SSSR count). The first kappa shape index (κ1) is 17.9. The quantitative estimate of drug-likeness (QED) is 0.748. The van der Waals surface area contributed by atoms with E-state index in [0.717, 1.165) is 25.9 Å². The summed E-state index contributed by atoms with van der Waals surface area (Å²) in [6.45, 7) is 5.05. The lowest BCUT2D eigenvalue weighted by Crippen LogP contribution is -2.54. The molecule has 0 spiro atoms. The van der Waals surface area contributed by atoms with Crippen molar-refractivity contribution in [1.29, 1.82) is 0 Å². The van der Waals surface area contributed by atoms with E-state index in [0.29, 0.717) is 12.3 Å². The fourth-order valence-electron chi connectivity index (χ4n) is 3.60. The SMILES string of the molecule is CCOC1(C(CCCS(C)(=O)=O)NC)CCCC(C)C1. The molecule has 3 atom stereocenters. The van der Waals surface area contributed by atoms with Gasteiger partial charge >= 0.3 is 0 Å². The highest BCUT2D eigenvalue weighted by Gasteiger charge is 2.41. The van der Waals surface area contributed by atoms with E-state index in [1.807, 2.05) is 14.0 Å². The lowest BCUT2D eigenvalue weighted by atomic mass is 9.73. The van der Waals surface area contributed by atoms with Crippen LogP contribution in [0.5, 0.6) is 0 Å². The molecule has 0 aromatic heterocycles. The summed E-state index contributed by atoms with van der Waals surface area (Å²) in [5, 5.41) is 3.38. The van der Waals surface area contributed by atoms with Gasteiger partial charge in [0, 0.05) is 24.7 Å². The van der Waals surface area contributed by atoms with Crippen LogP contribution in [0.4, 0.5) is 0 Å². The summed E-state index contributed by atoms with van der Waals surface area (Å²) in [5.41, 5.74) is -0.112. The first-order valence-electron chi connectivity index (χ1n) is 7.82. The molecule has 0 amide bonds. The molecule has 1 aliphatic carbocycles. The smallest absolute Gasteiger partial charge is 0.147 e. The number of hydrogen-bond donors (Lipinski definition) is 1. The Hall–Kier alpha value is -0.130. The lowest BCUT2D eigenvalue weighted by molar-refractivity contribution is -0.100. The number of hydrogen-bond acceptors (Lipinski definition) is 4. The minimum absolute atomic E-state index is 0.112. The maximum atomic E-state index is 11.3. The third-order valence-corrected chi connectivity index (χ3v) is 5.44. The summed E-state index contributed by atoms with van der Waals surface area (Å²) in [6.07, 6.45) is 7.49. The van der Waals surface area contributed by atoms with Gasteiger partial charge in [0.25, 0.3) is 0 Å². The van der Waals surface area contributed by atoms with Gasteiger partial charge in [-0.2, -0.15) is 0 Å². The predicted molar refractivity (Wildman–Crippen MR) is 83.8 cm³/mol. The second-order valence-corrected chi connectivity index (χ2v) is 8.57. The van der Waals surface area contributed by atoms with Gasteiger partial charge in [-0.1, -0.05) is 19.8 Å². The van der Waals surface area contributed by atoms with E-state index in [4.69, 9.17) is 4.74 Å². The van der Waals surface area contributed by atoms with Gasteiger partial charge in [-0.15, -0.1) is 0 Å². The molecule has 0 heterocycles. The van der Waals surface area contributed by atoms with Crippen molar-refractivity contribution in [1.82, 2.24) is 5.32 Å². The summed E-state index contributed by atoms with van der Waals surface area (Å²) < 4.78 is 28.7. The Morgan fingerprint density at radius 3 is 2.65 bits per heavy atom. The monoisotopic (exact) mass is 305 g/mol. The van der Waals surface area contributed by atoms with Crippen LogP contribution in [-0.2, 0) is 14.6 Å². The zero-order valence-electron chi connectivity index (χ0n) is 13.4. The van der Waals surface area contributed by atoms with Crippen molar-refractivity contribution < 1.29 is 13.2 Å². The van der Waals surface area contributed by atoms with Crippen LogP contribution in [0.15, 0.2) is 0 Å². The molecule has 0 saturated heterocycles. The van der Waals surface area contributed by atoms with E-state index in [-0.39, 0.29) is 17.4 Å². The minimum atomic E-state index is -2.87. The summed E-state index contributed by atoms with van der Waals surface area (Å²) in [5.74, 6) is 0.948. The van der Waals surface area contributed by atoms with E-state index in [2.05, 4.69) is 12.2 Å². The second kappa shape index (κ2) is 7.76. The maximum absolute atomic E-state index is 11.3. The molecule has 3 unspecified atom stereocenters. The van der Waals surface area contributed by atoms with Crippen LogP contribution in [0.25, 0.3) is 0 Å². The van der Waals surface area contributed by atoms with E-state index < -0.39 is 9.84 Å². The van der Waals surface area contributed by atoms with Crippen molar-refractivity contribution in [3.8, 4) is 0 Å². The Kier molecular flexibility index (Phi) is 6.95. The number of ether oxygens (including phenoxy) is 1. The average Bonchev–Trinajstić information content (AvgIpc) is 2.33. The van der Waals surface area contributed by atoms with Crippen molar-refractivity contribution in [2.24, 2.45) is 5.92 Å². The normalized spacial score (nSPS) is 29.3. The molecule has 1 fully saturated rings. The summed E-state index contributed by atoms with van der Waals surface area (Å²) >= 11 is 0. The molecule has 0 aromatic rings. The molecule has 120 valence electrons. The van der Waals surface area contributed by atoms with Crippen LogP contribution in [-0.4, -0.2) is 45.7 Å². The van der Waals surface area contributed by atoms with Crippen molar-refractivity contribution in [2.75, 3.05) is 25.7 Å². The van der Waals surface area contributed by atoms with Gasteiger partial charge in [-0.05, 0) is 45.6 Å². The third-order valence-electron chi connectivity index (χ3n) is 4.41. The Balaban J connectivity index is 2.70. The van der Waals surface area contributed by atoms with E-state index >= 15 is 0 Å². The molecular weight excluding hydrogens is 274 g/mol. The van der Waals surface area contributed by atoms with Crippen LogP contribution in [0, 0.1) is 5.92 Å². The highest BCUT2D eigenvalue weighted by Crippen LogP contribution is 2.39. The predicted octanol–water partition coefficient (Wildman–Crippen LogP) is 2.38. The molecule has 0 aromatic carbocycles. The van der Waals surface area contributed by atoms with Crippen LogP contribution in [0.1, 0.15) is 52.4 Å². The van der Waals surface area contributed by atoms with E-state index in [1.54, 1.807) is 0 Å². The van der Waals surface area contributed by atoms with Gasteiger partial charge in [0.05, 0.1) is 5.60 Å². The largest absolute Gasteiger partial charge is 0.374 e. The van der Waals surface area contributed by atoms with Gasteiger partial charge < -0.3 is 10.1 Å². The minimum Gasteiger partial charge on any atom is -0.374 e. The van der Waals surface area contributed by atoms with E-state index in [9.17, 15) is 8.42 Å². The molecule has 4 nitrogen and oxygen atoms in total. The lowest BCUT2D eigenvalue weighted by Gasteiger charge is -2.45. The van der Waals surface area contributed by atoms with Gasteiger partial charge in [0.2, 0.25) is 0 Å². The number of rotatable bonds is 8. The Labute approximate surface area is 124 Å². The highest BCUT2D eigenvalue weighted by molar-refractivity contribution is 7.90. The van der Waals surface area contributed by atoms with Gasteiger partial charge in [0.15, 0.2) is 0 Å². The number of nitrogens with one attached hydrogen (secondary N) is 1. The van der Waals surface area contributed by atoms with Crippen LogP contribution >= 0.6 is 0 Å². The fourth-order valence-corrected chi connectivity index (χ4v) is 4.29. The topological polar surface area (TPSA) is 55.4 Å². The zero-order valence-corrected chi connectivity index (χ0v) is 14.3. The van der Waals surface area contributed by atoms with Crippen LogP contribution in [0.2, 0.25) is 0 Å². The van der Waals surface area contributed by atoms with Crippen LogP contribution < -0.4 is 5.32 Å². The summed E-state index contributed by atoms with van der Waals surface area (Å²) in [7, 11) is -0.907. The zero-order chi connectivity index (χ0) is 15.2. The van der Waals surface area contributed by atoms with E-state index in [1.165, 1.54) is 19.1 Å². The molecule has 20 heavy (non-hydrogen) atoms. The van der Waals surface area contributed by atoms with Crippen LogP contribution in [0.3, 0.4) is 0 Å². The standard InChI is InChI=1S/C15H31NO3S/c1-5-19-15(10-6-8-13(2)12-15)14(16-3)9-7-11-20(4,17)18/h13-14,16H,5-12H2,1-4H3. The van der Waals surface area contributed by atoms with Crippen molar-refractivity contribution in [3.63, 3.8) is 0 Å². The third kappa shape index (κ3) is 5.34. The molecule has 1 N–H and O–H groups in total. The first-order valence-corrected chi connectivity index (χ1v) is 9.88. The molecule has 0 radical (unpaired) electrons. The molecule has 0 bridgehead atoms. The van der Waals surface area contributed by atoms with Gasteiger partial charge in [0.1, 0.15) is 9.84 Å². The molecular formula is C15H31NO3S. The van der Waals surface area contributed by atoms with Gasteiger partial charge in [-0.25, -0.2) is 8.42 Å². The molecule has 5 heteroatoms. The van der Waals surface area contributed by atoms with Gasteiger partial charge in [-0.3, -0.25) is 0 Å². The Bertz CT molecular complexity index is 379. The van der Waals surface area contributed by atoms with Crippen molar-refractivity contribution >= 4 is 9.84 Å². The average molecular weight is 305 g/mol. The van der Waals surface area contributed by atoms with Crippen molar-refractivity contribution in [3.05, 3.63) is 0 Å². The summed E-state index contributed by atoms with van der Waals surface area (Å²) in [6, 6.07) is 0.243. The molecule has 1 aliphatic rings. The fraction of sp³-hybridized carbons (Fsp3) is 1.00. The summed E-state index contributed by atoms with van der Waals surface area (Å²) in [4.78, 5) is 0. The first-order chi connectivity index (χ1) is 9.33.